The number of nitrogens with zero attached hydrogens (tertiary/aromatic N) is 4. The lowest BCUT2D eigenvalue weighted by Crippen LogP contribution is -2.47. The Hall–Kier alpha value is -3.29. The number of fused-ring (bicyclic) bond motifs is 1. The smallest absolute Gasteiger partial charge is 0.213 e. The molecule has 3 aliphatic rings. The summed E-state index contributed by atoms with van der Waals surface area (Å²) in [5.74, 6) is 1.54. The molecule has 1 saturated carbocycles. The van der Waals surface area contributed by atoms with E-state index < -0.39 is 0 Å². The summed E-state index contributed by atoms with van der Waals surface area (Å²) in [7, 11) is 1.67. The van der Waals surface area contributed by atoms with Gasteiger partial charge in [-0.1, -0.05) is 6.08 Å². The average molecular weight is 393 g/mol. The molecule has 3 heterocycles. The Morgan fingerprint density at radius 3 is 3.17 bits per heavy atom. The number of hydrogen-bond donors (Lipinski definition) is 3. The number of rotatable bonds is 4. The lowest BCUT2D eigenvalue weighted by atomic mass is 9.89. The zero-order chi connectivity index (χ0) is 20.2. The van der Waals surface area contributed by atoms with Gasteiger partial charge < -0.3 is 15.8 Å². The van der Waals surface area contributed by atoms with Crippen LogP contribution in [0.4, 0.5) is 0 Å². The van der Waals surface area contributed by atoms with Crippen LogP contribution in [-0.2, 0) is 0 Å². The van der Waals surface area contributed by atoms with Gasteiger partial charge in [-0.3, -0.25) is 20.4 Å². The molecule has 1 aromatic rings. The third-order valence-electron chi connectivity index (χ3n) is 5.32. The number of guanidine groups is 1. The molecule has 8 heteroatoms. The molecular weight excluding hydrogens is 366 g/mol. The van der Waals surface area contributed by atoms with E-state index in [-0.39, 0.29) is 12.2 Å². The van der Waals surface area contributed by atoms with Gasteiger partial charge in [-0.2, -0.15) is 0 Å². The first-order valence-corrected chi connectivity index (χ1v) is 9.94. The molecule has 0 spiro atoms. The highest BCUT2D eigenvalue weighted by molar-refractivity contribution is 6.01. The van der Waals surface area contributed by atoms with Crippen molar-refractivity contribution in [1.29, 1.82) is 0 Å². The van der Waals surface area contributed by atoms with Crippen LogP contribution in [0.2, 0.25) is 0 Å². The van der Waals surface area contributed by atoms with Crippen molar-refractivity contribution in [2.75, 3.05) is 13.7 Å². The topological polar surface area (TPSA) is 100 Å². The van der Waals surface area contributed by atoms with Crippen molar-refractivity contribution >= 4 is 17.2 Å². The number of aliphatic imine (C=N–C) groups is 2. The zero-order valence-electron chi connectivity index (χ0n) is 16.8. The fourth-order valence-electron chi connectivity index (χ4n) is 3.94. The minimum absolute atomic E-state index is 0.175. The molecule has 29 heavy (non-hydrogen) atoms. The van der Waals surface area contributed by atoms with E-state index in [1.807, 2.05) is 29.5 Å². The van der Waals surface area contributed by atoms with Crippen LogP contribution in [0, 0.1) is 0 Å². The van der Waals surface area contributed by atoms with Gasteiger partial charge in [0.25, 0.3) is 0 Å². The third-order valence-corrected chi connectivity index (χ3v) is 5.32. The highest BCUT2D eigenvalue weighted by atomic mass is 16.5. The zero-order valence-corrected chi connectivity index (χ0v) is 16.8. The van der Waals surface area contributed by atoms with Crippen LogP contribution in [0.1, 0.15) is 31.7 Å². The fraction of sp³-hybridized carbons (Fsp3) is 0.381. The summed E-state index contributed by atoms with van der Waals surface area (Å²) < 4.78 is 5.51. The Balaban J connectivity index is 1.50. The van der Waals surface area contributed by atoms with Crippen molar-refractivity contribution in [2.24, 2.45) is 15.7 Å². The Morgan fingerprint density at radius 2 is 2.38 bits per heavy atom. The van der Waals surface area contributed by atoms with E-state index in [2.05, 4.69) is 33.7 Å². The molecule has 1 aliphatic carbocycles. The molecule has 2 atom stereocenters. The van der Waals surface area contributed by atoms with Crippen molar-refractivity contribution in [3.05, 3.63) is 54.1 Å². The lowest BCUT2D eigenvalue weighted by molar-refractivity contribution is 0.318. The van der Waals surface area contributed by atoms with Gasteiger partial charge in [-0.15, -0.1) is 0 Å². The maximum absolute atomic E-state index is 5.84. The minimum Gasteiger partial charge on any atom is -0.496 e. The summed E-state index contributed by atoms with van der Waals surface area (Å²) >= 11 is 0. The number of allylic oxidation sites excluding steroid dienone is 2. The van der Waals surface area contributed by atoms with E-state index in [1.165, 1.54) is 0 Å². The molecule has 8 nitrogen and oxygen atoms in total. The number of aromatic nitrogens is 1. The minimum atomic E-state index is -0.175. The largest absolute Gasteiger partial charge is 0.496 e. The highest BCUT2D eigenvalue weighted by Crippen LogP contribution is 2.33. The van der Waals surface area contributed by atoms with Crippen molar-refractivity contribution in [3.8, 4) is 5.75 Å². The van der Waals surface area contributed by atoms with E-state index in [0.717, 1.165) is 59.9 Å². The van der Waals surface area contributed by atoms with Crippen LogP contribution in [0.5, 0.6) is 5.75 Å². The standard InChI is InChI=1S/C21H27N7O/c1-3-24-18-7-6-15(11-14(18)12-22)25-21-26-20-16(5-4-10-28(20)27-21)17-13-23-9-8-19(17)29-2/h4-5,8-10,12-13,15,20H,3,6-7,11,22H2,1-2H3,(H2,25,26,27). The normalized spacial score (nSPS) is 26.1. The average Bonchev–Trinajstić information content (AvgIpc) is 3.17. The summed E-state index contributed by atoms with van der Waals surface area (Å²) in [6.45, 7) is 2.84. The van der Waals surface area contributed by atoms with Crippen LogP contribution in [0.15, 0.2) is 58.6 Å². The number of nitrogens with two attached hydrogens (primary N) is 1. The maximum Gasteiger partial charge on any atom is 0.213 e. The van der Waals surface area contributed by atoms with Gasteiger partial charge in [0.15, 0.2) is 6.17 Å². The number of methoxy groups -OCH3 is 1. The van der Waals surface area contributed by atoms with Crippen LogP contribution < -0.4 is 21.2 Å². The number of hydrazine groups is 1. The number of ether oxygens (including phenoxy) is 1. The number of nitrogens with one attached hydrogen (secondary N) is 2. The predicted octanol–water partition coefficient (Wildman–Crippen LogP) is 1.95. The second-order valence-corrected chi connectivity index (χ2v) is 7.11. The molecule has 2 aliphatic heterocycles. The highest BCUT2D eigenvalue weighted by Gasteiger charge is 2.32. The molecule has 0 radical (unpaired) electrons. The SMILES string of the molecule is CCN=C1CCC(NC2=NC3C(c4cnccc4OC)=CC=CN3N2)CC1=CN. The quantitative estimate of drug-likeness (QED) is 0.723. The Bertz CT molecular complexity index is 915. The van der Waals surface area contributed by atoms with Gasteiger partial charge in [-0.05, 0) is 50.1 Å². The Kier molecular flexibility index (Phi) is 5.50. The maximum atomic E-state index is 5.84. The van der Waals surface area contributed by atoms with Gasteiger partial charge in [0.2, 0.25) is 5.96 Å². The molecule has 0 bridgehead atoms. The van der Waals surface area contributed by atoms with Crippen LogP contribution in [-0.4, -0.2) is 47.5 Å². The van der Waals surface area contributed by atoms with E-state index in [0.29, 0.717) is 0 Å². The Labute approximate surface area is 170 Å². The first kappa shape index (κ1) is 19.0. The van der Waals surface area contributed by atoms with Crippen LogP contribution >= 0.6 is 0 Å². The molecule has 4 N–H and O–H groups in total. The second-order valence-electron chi connectivity index (χ2n) is 7.11. The van der Waals surface area contributed by atoms with Gasteiger partial charge in [-0.25, -0.2) is 4.99 Å². The molecule has 4 rings (SSSR count). The van der Waals surface area contributed by atoms with E-state index in [4.69, 9.17) is 15.5 Å². The summed E-state index contributed by atoms with van der Waals surface area (Å²) in [5, 5.41) is 5.52. The molecule has 152 valence electrons. The number of pyridine rings is 1. The van der Waals surface area contributed by atoms with Gasteiger partial charge in [0, 0.05) is 48.0 Å². The van der Waals surface area contributed by atoms with Gasteiger partial charge >= 0.3 is 0 Å². The molecular formula is C21H27N7O. The predicted molar refractivity (Wildman–Crippen MR) is 115 cm³/mol. The van der Waals surface area contributed by atoms with E-state index in [9.17, 15) is 0 Å². The molecule has 1 aromatic heterocycles. The monoisotopic (exact) mass is 393 g/mol. The molecule has 0 saturated heterocycles. The molecule has 0 aromatic carbocycles. The summed E-state index contributed by atoms with van der Waals surface area (Å²) in [5.41, 5.74) is 13.4. The van der Waals surface area contributed by atoms with Crippen molar-refractivity contribution in [2.45, 2.75) is 38.4 Å². The molecule has 2 unspecified atom stereocenters. The van der Waals surface area contributed by atoms with Crippen LogP contribution in [0.3, 0.4) is 0 Å². The first-order valence-electron chi connectivity index (χ1n) is 9.94. The third kappa shape index (κ3) is 3.83. The summed E-state index contributed by atoms with van der Waals surface area (Å²) in [4.78, 5) is 13.7. The summed E-state index contributed by atoms with van der Waals surface area (Å²) in [6.07, 6.45) is 13.8. The van der Waals surface area contributed by atoms with Gasteiger partial charge in [0.05, 0.1) is 7.11 Å². The van der Waals surface area contributed by atoms with Gasteiger partial charge in [0.1, 0.15) is 5.75 Å². The second kappa shape index (κ2) is 8.38. The number of hydrogen-bond acceptors (Lipinski definition) is 8. The van der Waals surface area contributed by atoms with E-state index >= 15 is 0 Å². The van der Waals surface area contributed by atoms with Crippen LogP contribution in [0.25, 0.3) is 5.57 Å². The fourth-order valence-corrected chi connectivity index (χ4v) is 3.94. The van der Waals surface area contributed by atoms with Crippen molar-refractivity contribution in [3.63, 3.8) is 0 Å². The first-order chi connectivity index (χ1) is 14.2. The van der Waals surface area contributed by atoms with E-state index in [1.54, 1.807) is 19.5 Å². The lowest BCUT2D eigenvalue weighted by Gasteiger charge is -2.28. The van der Waals surface area contributed by atoms with Crippen molar-refractivity contribution in [1.82, 2.24) is 20.7 Å². The summed E-state index contributed by atoms with van der Waals surface area (Å²) in [6, 6.07) is 2.12. The Morgan fingerprint density at radius 1 is 1.48 bits per heavy atom. The molecule has 0 amide bonds. The van der Waals surface area contributed by atoms with Crippen molar-refractivity contribution < 1.29 is 4.74 Å². The molecule has 1 fully saturated rings.